The molecular formula is C18H9BrF12. The lowest BCUT2D eigenvalue weighted by molar-refractivity contribution is -0.389. The smallest absolute Gasteiger partial charge is 0.221 e. The summed E-state index contributed by atoms with van der Waals surface area (Å²) in [6.45, 7) is 1.01. The molecule has 13 heteroatoms. The summed E-state index contributed by atoms with van der Waals surface area (Å²) in [6.07, 6.45) is -18.6. The van der Waals surface area contributed by atoms with E-state index in [0.29, 0.717) is 24.3 Å². The van der Waals surface area contributed by atoms with Gasteiger partial charge in [-0.1, -0.05) is 34.1 Å². The minimum atomic E-state index is -6.94. The minimum Gasteiger partial charge on any atom is -0.221 e. The van der Waals surface area contributed by atoms with Crippen LogP contribution in [0.5, 0.6) is 0 Å². The highest BCUT2D eigenvalue weighted by Crippen LogP contribution is 2.60. The van der Waals surface area contributed by atoms with Gasteiger partial charge in [-0.05, 0) is 36.2 Å². The van der Waals surface area contributed by atoms with Crippen LogP contribution in [0, 0.1) is 6.92 Å². The number of benzene rings is 2. The van der Waals surface area contributed by atoms with Crippen molar-refractivity contribution in [1.29, 1.82) is 0 Å². The van der Waals surface area contributed by atoms with E-state index in [2.05, 4.69) is 15.9 Å². The second-order valence-corrected chi connectivity index (χ2v) is 7.33. The van der Waals surface area contributed by atoms with Gasteiger partial charge in [-0.25, -0.2) is 4.39 Å². The Morgan fingerprint density at radius 1 is 0.677 bits per heavy atom. The lowest BCUT2D eigenvalue weighted by Gasteiger charge is -2.37. The summed E-state index contributed by atoms with van der Waals surface area (Å²) in [5.74, 6) is -6.92. The second-order valence-electron chi connectivity index (χ2n) is 6.47. The summed E-state index contributed by atoms with van der Waals surface area (Å²) < 4.78 is 160. The maximum Gasteiger partial charge on any atom is 0.457 e. The van der Waals surface area contributed by atoms with Crippen molar-refractivity contribution in [3.8, 4) is 11.1 Å². The van der Waals surface area contributed by atoms with Crippen LogP contribution in [0.4, 0.5) is 52.7 Å². The maximum absolute atomic E-state index is 15.1. The maximum atomic E-state index is 15.1. The first-order valence-corrected chi connectivity index (χ1v) is 8.73. The monoisotopic (exact) mass is 532 g/mol. The Kier molecular flexibility index (Phi) is 6.21. The van der Waals surface area contributed by atoms with E-state index in [1.807, 2.05) is 0 Å². The Hall–Kier alpha value is -1.92. The van der Waals surface area contributed by atoms with Gasteiger partial charge in [0.1, 0.15) is 0 Å². The zero-order valence-electron chi connectivity index (χ0n) is 14.9. The summed E-state index contributed by atoms with van der Waals surface area (Å²) in [5.41, 5.74) is -11.7. The fourth-order valence-electron chi connectivity index (χ4n) is 2.83. The van der Waals surface area contributed by atoms with Crippen molar-refractivity contribution in [2.45, 2.75) is 37.0 Å². The van der Waals surface area contributed by atoms with Crippen LogP contribution in [0.2, 0.25) is 0 Å². The van der Waals surface area contributed by atoms with E-state index in [0.717, 1.165) is 13.0 Å². The Labute approximate surface area is 175 Å². The van der Waals surface area contributed by atoms with E-state index >= 15 is 4.39 Å². The molecule has 0 bridgehead atoms. The zero-order chi connectivity index (χ0) is 24.2. The van der Waals surface area contributed by atoms with Crippen molar-refractivity contribution in [3.05, 3.63) is 57.6 Å². The van der Waals surface area contributed by atoms with Gasteiger partial charge in [0.2, 0.25) is 0 Å². The third-order valence-corrected chi connectivity index (χ3v) is 4.91. The van der Waals surface area contributed by atoms with Crippen molar-refractivity contribution in [2.75, 3.05) is 0 Å². The van der Waals surface area contributed by atoms with E-state index < -0.39 is 56.8 Å². The van der Waals surface area contributed by atoms with Crippen molar-refractivity contribution < 1.29 is 52.7 Å². The molecule has 0 aromatic heterocycles. The van der Waals surface area contributed by atoms with Gasteiger partial charge in [0, 0.05) is 15.6 Å². The summed E-state index contributed by atoms with van der Waals surface area (Å²) in [6, 6.07) is 2.92. The van der Waals surface area contributed by atoms with E-state index in [1.165, 1.54) is 0 Å². The molecular weight excluding hydrogens is 524 g/mol. The molecule has 0 aliphatic carbocycles. The van der Waals surface area contributed by atoms with Gasteiger partial charge < -0.3 is 0 Å². The molecule has 0 fully saturated rings. The van der Waals surface area contributed by atoms with E-state index in [1.54, 1.807) is 0 Å². The lowest BCUT2D eigenvalue weighted by Crippen LogP contribution is -2.60. The predicted octanol–water partition coefficient (Wildman–Crippen LogP) is 8.37. The second kappa shape index (κ2) is 7.59. The van der Waals surface area contributed by atoms with Gasteiger partial charge in [0.05, 0.1) is 5.56 Å². The number of hydrogen-bond acceptors (Lipinski definition) is 0. The summed E-state index contributed by atoms with van der Waals surface area (Å²) in [4.78, 5) is 0. The molecule has 0 saturated heterocycles. The van der Waals surface area contributed by atoms with Crippen LogP contribution in [0.15, 0.2) is 40.9 Å². The van der Waals surface area contributed by atoms with Crippen molar-refractivity contribution in [2.24, 2.45) is 0 Å². The van der Waals surface area contributed by atoms with E-state index in [4.69, 9.17) is 0 Å². The molecule has 2 aromatic carbocycles. The topological polar surface area (TPSA) is 0 Å². The molecule has 2 aromatic rings. The van der Waals surface area contributed by atoms with Crippen molar-refractivity contribution in [1.82, 2.24) is 0 Å². The van der Waals surface area contributed by atoms with Crippen LogP contribution in [0.3, 0.4) is 0 Å². The van der Waals surface area contributed by atoms with E-state index in [9.17, 15) is 48.3 Å². The highest BCUT2D eigenvalue weighted by Gasteiger charge is 2.82. The third kappa shape index (κ3) is 4.24. The molecule has 1 unspecified atom stereocenters. The Morgan fingerprint density at radius 2 is 1.16 bits per heavy atom. The molecule has 0 aliphatic heterocycles. The van der Waals surface area contributed by atoms with Gasteiger partial charge in [-0.15, -0.1) is 0 Å². The van der Waals surface area contributed by atoms with Crippen LogP contribution in [0.25, 0.3) is 11.1 Å². The molecule has 0 radical (unpaired) electrons. The fraction of sp³-hybridized carbons (Fsp3) is 0.333. The normalized spacial score (nSPS) is 15.7. The van der Waals surface area contributed by atoms with Gasteiger partial charge in [-0.2, -0.15) is 48.3 Å². The van der Waals surface area contributed by atoms with Gasteiger partial charge in [0.15, 0.2) is 0 Å². The zero-order valence-corrected chi connectivity index (χ0v) is 16.5. The Balaban J connectivity index is 2.93. The molecule has 0 nitrogen and oxygen atoms in total. The first-order valence-electron chi connectivity index (χ1n) is 7.93. The number of rotatable bonds is 3. The molecule has 1 atom stereocenters. The lowest BCUT2D eigenvalue weighted by atomic mass is 9.82. The molecule has 0 amide bonds. The van der Waals surface area contributed by atoms with E-state index in [-0.39, 0.29) is 11.6 Å². The fourth-order valence-corrected chi connectivity index (χ4v) is 3.63. The van der Waals surface area contributed by atoms with Gasteiger partial charge in [-0.3, -0.25) is 0 Å². The molecule has 0 aliphatic rings. The molecule has 172 valence electrons. The third-order valence-electron chi connectivity index (χ3n) is 4.29. The molecule has 2 rings (SSSR count). The number of hydrogen-bond donors (Lipinski definition) is 0. The van der Waals surface area contributed by atoms with Crippen LogP contribution in [-0.4, -0.2) is 18.3 Å². The largest absolute Gasteiger partial charge is 0.457 e. The quantitative estimate of drug-likeness (QED) is 0.348. The summed E-state index contributed by atoms with van der Waals surface area (Å²) in [5, 5.41) is 0. The summed E-state index contributed by atoms with van der Waals surface area (Å²) in [7, 11) is 0. The van der Waals surface area contributed by atoms with Crippen LogP contribution in [0.1, 0.15) is 16.7 Å². The number of aryl methyl sites for hydroxylation is 1. The molecule has 31 heavy (non-hydrogen) atoms. The first-order chi connectivity index (χ1) is 13.7. The highest BCUT2D eigenvalue weighted by molar-refractivity contribution is 9.10. The number of alkyl halides is 12. The van der Waals surface area contributed by atoms with Crippen molar-refractivity contribution >= 4 is 15.9 Å². The molecule has 0 saturated carbocycles. The summed E-state index contributed by atoms with van der Waals surface area (Å²) >= 11 is 2.69. The SMILES string of the molecule is Cc1cc(Br)c(-c2ccc(C(F)(F)F)cc2)c(C(F)(C(F)(F)F)C(F)(F)C(F)(F)F)c1. The van der Waals surface area contributed by atoms with Crippen LogP contribution >= 0.6 is 15.9 Å². The molecule has 0 heterocycles. The first kappa shape index (κ1) is 25.3. The van der Waals surface area contributed by atoms with Crippen LogP contribution < -0.4 is 0 Å². The highest BCUT2D eigenvalue weighted by atomic mass is 79.9. The average molecular weight is 533 g/mol. The van der Waals surface area contributed by atoms with Gasteiger partial charge in [0.25, 0.3) is 0 Å². The minimum absolute atomic E-state index is 0.144. The average Bonchev–Trinajstić information content (AvgIpc) is 2.57. The molecule has 0 N–H and O–H groups in total. The Morgan fingerprint density at radius 3 is 1.55 bits per heavy atom. The Bertz CT molecular complexity index is 954. The van der Waals surface area contributed by atoms with Crippen LogP contribution in [-0.2, 0) is 11.8 Å². The van der Waals surface area contributed by atoms with Crippen molar-refractivity contribution in [3.63, 3.8) is 0 Å². The van der Waals surface area contributed by atoms with Gasteiger partial charge >= 0.3 is 30.1 Å². The standard InChI is InChI=1S/C18H9BrF12/c1-8-6-11(14(20,17(26,27)28)16(24,25)18(29,30)31)13(12(19)7-8)9-2-4-10(5-3-9)15(21,22)23/h2-7H,1H3. The molecule has 0 spiro atoms. The predicted molar refractivity (Wildman–Crippen MR) is 89.2 cm³/mol. The number of halogens is 13.